The molecule has 7 heteroatoms. The molecule has 0 bridgehead atoms. The molecule has 0 aliphatic heterocycles. The summed E-state index contributed by atoms with van der Waals surface area (Å²) in [7, 11) is 0. The predicted octanol–water partition coefficient (Wildman–Crippen LogP) is 1.68. The molecule has 0 aliphatic carbocycles. The molecule has 0 N–H and O–H groups in total. The van der Waals surface area contributed by atoms with E-state index in [1.54, 1.807) is 0 Å². The van der Waals surface area contributed by atoms with E-state index in [9.17, 15) is 0 Å². The Kier molecular flexibility index (Phi) is 3.17. The lowest BCUT2D eigenvalue weighted by atomic mass is 10.9. The monoisotopic (exact) mass is 200 g/mol. The first kappa shape index (κ1) is 8.34. The second kappa shape index (κ2) is 4.19. The summed E-state index contributed by atoms with van der Waals surface area (Å²) < 4.78 is 7.65. The van der Waals surface area contributed by atoms with Gasteiger partial charge in [0.2, 0.25) is 0 Å². The fourth-order valence-electron chi connectivity index (χ4n) is 0.384. The van der Waals surface area contributed by atoms with Crippen LogP contribution in [0.25, 0.3) is 0 Å². The highest BCUT2D eigenvalue weighted by atomic mass is 32.2. The van der Waals surface area contributed by atoms with E-state index in [1.165, 1.54) is 0 Å². The van der Waals surface area contributed by atoms with Crippen LogP contribution in [0.1, 0.15) is 0 Å². The van der Waals surface area contributed by atoms with E-state index >= 15 is 0 Å². The summed E-state index contributed by atoms with van der Waals surface area (Å²) in [4.78, 5) is 0. The third-order valence-corrected chi connectivity index (χ3v) is 2.74. The molecule has 0 aliphatic rings. The summed E-state index contributed by atoms with van der Waals surface area (Å²) in [6, 6.07) is 0. The van der Waals surface area contributed by atoms with Crippen molar-refractivity contribution in [3.63, 3.8) is 0 Å². The minimum Gasteiger partial charge on any atom is -0.185 e. The van der Waals surface area contributed by atoms with E-state index < -0.39 is 0 Å². The SMILES string of the molecule is N#CSc1nsnc1SC#N. The van der Waals surface area contributed by atoms with E-state index in [0.29, 0.717) is 10.1 Å². The molecule has 4 nitrogen and oxygen atoms in total. The number of aromatic nitrogens is 2. The predicted molar refractivity (Wildman–Crippen MR) is 42.8 cm³/mol. The van der Waals surface area contributed by atoms with Crippen LogP contribution in [0.2, 0.25) is 0 Å². The number of hydrogen-bond donors (Lipinski definition) is 0. The van der Waals surface area contributed by atoms with Crippen molar-refractivity contribution >= 4 is 35.3 Å². The molecule has 11 heavy (non-hydrogen) atoms. The largest absolute Gasteiger partial charge is 0.185 e. The van der Waals surface area contributed by atoms with Crippen molar-refractivity contribution in [1.29, 1.82) is 10.5 Å². The van der Waals surface area contributed by atoms with Gasteiger partial charge in [-0.2, -0.15) is 19.3 Å². The van der Waals surface area contributed by atoms with Gasteiger partial charge < -0.3 is 0 Å². The van der Waals surface area contributed by atoms with E-state index in [0.717, 1.165) is 35.3 Å². The molecule has 1 aromatic heterocycles. The van der Waals surface area contributed by atoms with Crippen molar-refractivity contribution in [3.8, 4) is 10.8 Å². The molecule has 0 saturated heterocycles. The summed E-state index contributed by atoms with van der Waals surface area (Å²) in [5, 5.41) is 21.3. The van der Waals surface area contributed by atoms with E-state index in [1.807, 2.05) is 10.8 Å². The molecule has 0 spiro atoms. The van der Waals surface area contributed by atoms with Crippen molar-refractivity contribution in [2.75, 3.05) is 0 Å². The average molecular weight is 200 g/mol. The van der Waals surface area contributed by atoms with Crippen LogP contribution in [0, 0.1) is 21.3 Å². The number of rotatable bonds is 2. The van der Waals surface area contributed by atoms with Crippen molar-refractivity contribution in [2.24, 2.45) is 0 Å². The first-order valence-corrected chi connectivity index (χ1v) is 4.69. The molecule has 0 atom stereocenters. The smallest absolute Gasteiger partial charge is 0.159 e. The molecule has 0 fully saturated rings. The van der Waals surface area contributed by atoms with Gasteiger partial charge in [-0.05, 0) is 0 Å². The molecule has 0 radical (unpaired) electrons. The summed E-state index contributed by atoms with van der Waals surface area (Å²) in [5.41, 5.74) is 0. The summed E-state index contributed by atoms with van der Waals surface area (Å²) in [6.07, 6.45) is 0. The van der Waals surface area contributed by atoms with E-state index in [-0.39, 0.29) is 0 Å². The van der Waals surface area contributed by atoms with Crippen molar-refractivity contribution < 1.29 is 0 Å². The van der Waals surface area contributed by atoms with Gasteiger partial charge in [-0.1, -0.05) is 0 Å². The van der Waals surface area contributed by atoms with Gasteiger partial charge in [-0.15, -0.1) is 0 Å². The topological polar surface area (TPSA) is 73.4 Å². The molecule has 0 amide bonds. The highest BCUT2D eigenvalue weighted by molar-refractivity contribution is 8.06. The highest BCUT2D eigenvalue weighted by Gasteiger charge is 2.08. The Labute approximate surface area is 75.6 Å². The first-order valence-electron chi connectivity index (χ1n) is 2.33. The lowest BCUT2D eigenvalue weighted by Gasteiger charge is -1.83. The van der Waals surface area contributed by atoms with Crippen LogP contribution < -0.4 is 0 Å². The minimum absolute atomic E-state index is 0.518. The average Bonchev–Trinajstić information content (AvgIpc) is 2.39. The quantitative estimate of drug-likeness (QED) is 0.534. The number of nitrogens with zero attached hydrogens (tertiary/aromatic N) is 4. The van der Waals surface area contributed by atoms with Gasteiger partial charge >= 0.3 is 0 Å². The maximum Gasteiger partial charge on any atom is 0.159 e. The third-order valence-electron chi connectivity index (χ3n) is 0.715. The van der Waals surface area contributed by atoms with Gasteiger partial charge in [0.1, 0.15) is 10.8 Å². The van der Waals surface area contributed by atoms with Crippen LogP contribution in [0.15, 0.2) is 10.1 Å². The Hall–Kier alpha value is -0.760. The molecule has 0 unspecified atom stereocenters. The molecule has 0 saturated carbocycles. The van der Waals surface area contributed by atoms with E-state index in [2.05, 4.69) is 8.75 Å². The maximum atomic E-state index is 8.29. The molecule has 1 heterocycles. The lowest BCUT2D eigenvalue weighted by molar-refractivity contribution is 1.09. The molecular formula is C4N4S3. The molecule has 1 aromatic rings. The van der Waals surface area contributed by atoms with Crippen LogP contribution in [-0.4, -0.2) is 8.75 Å². The number of thioether (sulfide) groups is 2. The Balaban J connectivity index is 2.82. The Morgan fingerprint density at radius 3 is 1.91 bits per heavy atom. The highest BCUT2D eigenvalue weighted by Crippen LogP contribution is 2.27. The van der Waals surface area contributed by atoms with Gasteiger partial charge in [-0.25, -0.2) is 0 Å². The van der Waals surface area contributed by atoms with E-state index in [4.69, 9.17) is 10.5 Å². The van der Waals surface area contributed by atoms with Crippen LogP contribution in [0.5, 0.6) is 0 Å². The molecule has 54 valence electrons. The van der Waals surface area contributed by atoms with Crippen LogP contribution in [0.3, 0.4) is 0 Å². The minimum atomic E-state index is 0.518. The van der Waals surface area contributed by atoms with Gasteiger partial charge in [0.05, 0.1) is 11.7 Å². The number of nitriles is 2. The summed E-state index contributed by atoms with van der Waals surface area (Å²) >= 11 is 2.84. The van der Waals surface area contributed by atoms with Crippen LogP contribution >= 0.6 is 35.3 Å². The zero-order valence-corrected chi connectivity index (χ0v) is 7.46. The molecular weight excluding hydrogens is 200 g/mol. The normalized spacial score (nSPS) is 8.55. The molecule has 1 rings (SSSR count). The van der Waals surface area contributed by atoms with Gasteiger partial charge in [0, 0.05) is 23.5 Å². The Morgan fingerprint density at radius 1 is 1.09 bits per heavy atom. The van der Waals surface area contributed by atoms with Crippen LogP contribution in [0.4, 0.5) is 0 Å². The van der Waals surface area contributed by atoms with Gasteiger partial charge in [0.25, 0.3) is 0 Å². The Morgan fingerprint density at radius 2 is 1.55 bits per heavy atom. The number of thiocyanates is 2. The van der Waals surface area contributed by atoms with Crippen LogP contribution in [-0.2, 0) is 0 Å². The maximum absolute atomic E-state index is 8.29. The lowest BCUT2D eigenvalue weighted by Crippen LogP contribution is -1.70. The van der Waals surface area contributed by atoms with Gasteiger partial charge in [0.15, 0.2) is 10.1 Å². The fraction of sp³-hybridized carbons (Fsp3) is 0. The second-order valence-corrected chi connectivity index (χ2v) is 3.34. The second-order valence-electron chi connectivity index (χ2n) is 1.26. The number of hydrogen-bond acceptors (Lipinski definition) is 7. The Bertz CT molecular complexity index is 288. The zero-order chi connectivity index (χ0) is 8.10. The van der Waals surface area contributed by atoms with Gasteiger partial charge in [-0.3, -0.25) is 0 Å². The standard InChI is InChI=1S/C4N4S3/c5-1-9-3-4(10-2-6)8-11-7-3. The fourth-order valence-corrected chi connectivity index (χ4v) is 2.05. The van der Waals surface area contributed by atoms with Crippen molar-refractivity contribution in [2.45, 2.75) is 10.1 Å². The van der Waals surface area contributed by atoms with Crippen molar-refractivity contribution in [3.05, 3.63) is 0 Å². The molecule has 0 aromatic carbocycles. The summed E-state index contributed by atoms with van der Waals surface area (Å²) in [5.74, 6) is 0. The third kappa shape index (κ3) is 2.09. The first-order chi connectivity index (χ1) is 5.38. The zero-order valence-electron chi connectivity index (χ0n) is 5.01. The summed E-state index contributed by atoms with van der Waals surface area (Å²) in [6.45, 7) is 0. The van der Waals surface area contributed by atoms with Crippen molar-refractivity contribution in [1.82, 2.24) is 8.75 Å².